The number of nitrogens with two attached hydrogens (primary N) is 1. The van der Waals surface area contributed by atoms with Crippen molar-refractivity contribution in [2.24, 2.45) is 5.73 Å². The molecule has 2 aromatic heterocycles. The summed E-state index contributed by atoms with van der Waals surface area (Å²) in [6.45, 7) is 0. The highest BCUT2D eigenvalue weighted by molar-refractivity contribution is 5.98. The summed E-state index contributed by atoms with van der Waals surface area (Å²) in [5.74, 6) is -0.524. The van der Waals surface area contributed by atoms with Crippen molar-refractivity contribution in [2.45, 2.75) is 0 Å². The number of hydrogen-bond acceptors (Lipinski definition) is 4. The molecule has 0 atom stereocenters. The number of amides is 1. The highest BCUT2D eigenvalue weighted by atomic mass is 16.1. The molecule has 5 nitrogen and oxygen atoms in total. The Morgan fingerprint density at radius 1 is 1.20 bits per heavy atom. The van der Waals surface area contributed by atoms with Crippen molar-refractivity contribution in [3.05, 3.63) is 42.5 Å². The highest BCUT2D eigenvalue weighted by Gasteiger charge is 2.11. The van der Waals surface area contributed by atoms with Gasteiger partial charge in [-0.15, -0.1) is 0 Å². The minimum Gasteiger partial charge on any atom is -0.366 e. The van der Waals surface area contributed by atoms with E-state index < -0.39 is 5.91 Å². The van der Waals surface area contributed by atoms with Crippen LogP contribution in [-0.2, 0) is 0 Å². The Morgan fingerprint density at radius 2 is 2.07 bits per heavy atom. The van der Waals surface area contributed by atoms with Gasteiger partial charge in [-0.1, -0.05) is 0 Å². The number of nitrogens with zero attached hydrogens (tertiary/aromatic N) is 3. The standard InChI is InChI=1S/C10H8N4O/c11-10(15)7-2-1-3-14-9(7)8-6-12-4-5-13-8/h1-6H,(H2,11,15). The Morgan fingerprint density at radius 3 is 2.73 bits per heavy atom. The van der Waals surface area contributed by atoms with Crippen molar-refractivity contribution in [3.63, 3.8) is 0 Å². The first-order valence-corrected chi connectivity index (χ1v) is 4.30. The second-order valence-electron chi connectivity index (χ2n) is 2.85. The lowest BCUT2D eigenvalue weighted by atomic mass is 10.1. The van der Waals surface area contributed by atoms with Crippen LogP contribution in [0.15, 0.2) is 36.9 Å². The fourth-order valence-electron chi connectivity index (χ4n) is 1.23. The molecule has 0 radical (unpaired) electrons. The summed E-state index contributed by atoms with van der Waals surface area (Å²) in [6, 6.07) is 3.26. The van der Waals surface area contributed by atoms with E-state index in [1.54, 1.807) is 24.5 Å². The van der Waals surface area contributed by atoms with Crippen LogP contribution in [0.3, 0.4) is 0 Å². The molecule has 0 aliphatic heterocycles. The molecule has 0 fully saturated rings. The third-order valence-corrected chi connectivity index (χ3v) is 1.88. The van der Waals surface area contributed by atoms with Crippen LogP contribution in [0.1, 0.15) is 10.4 Å². The van der Waals surface area contributed by atoms with E-state index in [0.29, 0.717) is 17.0 Å². The minimum atomic E-state index is -0.524. The first-order valence-electron chi connectivity index (χ1n) is 4.30. The van der Waals surface area contributed by atoms with Gasteiger partial charge < -0.3 is 5.73 Å². The normalized spacial score (nSPS) is 9.87. The maximum atomic E-state index is 11.1. The number of carbonyl (C=O) groups excluding carboxylic acids is 1. The lowest BCUT2D eigenvalue weighted by Crippen LogP contribution is -2.13. The van der Waals surface area contributed by atoms with Crippen LogP contribution in [0.25, 0.3) is 11.4 Å². The molecule has 0 aliphatic carbocycles. The van der Waals surface area contributed by atoms with Crippen molar-refractivity contribution < 1.29 is 4.79 Å². The molecule has 5 heteroatoms. The summed E-state index contributed by atoms with van der Waals surface area (Å²) < 4.78 is 0. The maximum absolute atomic E-state index is 11.1. The zero-order valence-corrected chi connectivity index (χ0v) is 7.79. The van der Waals surface area contributed by atoms with Crippen molar-refractivity contribution in [2.75, 3.05) is 0 Å². The summed E-state index contributed by atoms with van der Waals surface area (Å²) in [5, 5.41) is 0. The Hall–Kier alpha value is -2.30. The SMILES string of the molecule is NC(=O)c1cccnc1-c1cnccn1. The summed E-state index contributed by atoms with van der Waals surface area (Å²) in [4.78, 5) is 23.2. The molecule has 2 aromatic rings. The van der Waals surface area contributed by atoms with Gasteiger partial charge in [0.2, 0.25) is 0 Å². The van der Waals surface area contributed by atoms with Crippen LogP contribution in [0, 0.1) is 0 Å². The van der Waals surface area contributed by atoms with Gasteiger partial charge in [0.25, 0.3) is 5.91 Å². The lowest BCUT2D eigenvalue weighted by molar-refractivity contribution is 0.100. The van der Waals surface area contributed by atoms with E-state index in [4.69, 9.17) is 5.73 Å². The molecule has 0 unspecified atom stereocenters. The van der Waals surface area contributed by atoms with Crippen LogP contribution in [0.2, 0.25) is 0 Å². The van der Waals surface area contributed by atoms with Crippen molar-refractivity contribution >= 4 is 5.91 Å². The molecular weight excluding hydrogens is 192 g/mol. The fraction of sp³-hybridized carbons (Fsp3) is 0. The van der Waals surface area contributed by atoms with Crippen LogP contribution in [0.5, 0.6) is 0 Å². The average Bonchev–Trinajstić information content (AvgIpc) is 2.30. The highest BCUT2D eigenvalue weighted by Crippen LogP contribution is 2.16. The first-order chi connectivity index (χ1) is 7.29. The molecule has 15 heavy (non-hydrogen) atoms. The Bertz CT molecular complexity index is 484. The van der Waals surface area contributed by atoms with E-state index in [1.165, 1.54) is 12.4 Å². The average molecular weight is 200 g/mol. The number of rotatable bonds is 2. The Balaban J connectivity index is 2.58. The van der Waals surface area contributed by atoms with E-state index in [2.05, 4.69) is 15.0 Å². The lowest BCUT2D eigenvalue weighted by Gasteiger charge is -2.02. The third kappa shape index (κ3) is 1.80. The van der Waals surface area contributed by atoms with Gasteiger partial charge >= 0.3 is 0 Å². The van der Waals surface area contributed by atoms with E-state index in [9.17, 15) is 4.79 Å². The zero-order chi connectivity index (χ0) is 10.7. The summed E-state index contributed by atoms with van der Waals surface area (Å²) >= 11 is 0. The second-order valence-corrected chi connectivity index (χ2v) is 2.85. The predicted molar refractivity (Wildman–Crippen MR) is 53.8 cm³/mol. The van der Waals surface area contributed by atoms with Gasteiger partial charge in [0.05, 0.1) is 11.8 Å². The monoisotopic (exact) mass is 200 g/mol. The largest absolute Gasteiger partial charge is 0.366 e. The van der Waals surface area contributed by atoms with Crippen LogP contribution in [-0.4, -0.2) is 20.9 Å². The molecule has 74 valence electrons. The van der Waals surface area contributed by atoms with Gasteiger partial charge in [-0.3, -0.25) is 19.7 Å². The van der Waals surface area contributed by atoms with Crippen LogP contribution in [0.4, 0.5) is 0 Å². The molecule has 0 aliphatic rings. The van der Waals surface area contributed by atoms with Crippen LogP contribution >= 0.6 is 0 Å². The second kappa shape index (κ2) is 3.83. The molecule has 0 spiro atoms. The molecule has 2 N–H and O–H groups in total. The number of aromatic nitrogens is 3. The van der Waals surface area contributed by atoms with Gasteiger partial charge in [0.15, 0.2) is 0 Å². The zero-order valence-electron chi connectivity index (χ0n) is 7.79. The van der Waals surface area contributed by atoms with E-state index >= 15 is 0 Å². The molecule has 0 saturated carbocycles. The Kier molecular flexibility index (Phi) is 2.37. The van der Waals surface area contributed by atoms with Crippen LogP contribution < -0.4 is 5.73 Å². The Labute approximate surface area is 86.0 Å². The van der Waals surface area contributed by atoms with E-state index in [1.807, 2.05) is 0 Å². The fourth-order valence-corrected chi connectivity index (χ4v) is 1.23. The third-order valence-electron chi connectivity index (χ3n) is 1.88. The molecule has 0 aromatic carbocycles. The summed E-state index contributed by atoms with van der Waals surface area (Å²) in [7, 11) is 0. The first kappa shape index (κ1) is 9.26. The van der Waals surface area contributed by atoms with Gasteiger partial charge in [0, 0.05) is 18.6 Å². The minimum absolute atomic E-state index is 0.345. The molecule has 1 amide bonds. The van der Waals surface area contributed by atoms with Crippen molar-refractivity contribution in [1.82, 2.24) is 15.0 Å². The quantitative estimate of drug-likeness (QED) is 0.771. The predicted octanol–water partition coefficient (Wildman–Crippen LogP) is 0.637. The van der Waals surface area contributed by atoms with E-state index in [-0.39, 0.29) is 0 Å². The topological polar surface area (TPSA) is 81.8 Å². The van der Waals surface area contributed by atoms with E-state index in [0.717, 1.165) is 0 Å². The molecule has 2 rings (SSSR count). The molecule has 0 saturated heterocycles. The summed E-state index contributed by atoms with van der Waals surface area (Å²) in [5.41, 5.74) is 6.56. The van der Waals surface area contributed by atoms with Gasteiger partial charge in [0.1, 0.15) is 11.4 Å². The van der Waals surface area contributed by atoms with Crippen molar-refractivity contribution in [3.8, 4) is 11.4 Å². The van der Waals surface area contributed by atoms with Gasteiger partial charge in [-0.25, -0.2) is 0 Å². The number of primary amides is 1. The van der Waals surface area contributed by atoms with Gasteiger partial charge in [-0.2, -0.15) is 0 Å². The number of pyridine rings is 1. The van der Waals surface area contributed by atoms with Gasteiger partial charge in [-0.05, 0) is 12.1 Å². The van der Waals surface area contributed by atoms with Crippen molar-refractivity contribution in [1.29, 1.82) is 0 Å². The molecular formula is C10H8N4O. The number of hydrogen-bond donors (Lipinski definition) is 1. The molecule has 0 bridgehead atoms. The summed E-state index contributed by atoms with van der Waals surface area (Å²) in [6.07, 6.45) is 6.20. The smallest absolute Gasteiger partial charge is 0.250 e. The maximum Gasteiger partial charge on any atom is 0.250 e. The number of carbonyl (C=O) groups is 1. The molecule has 2 heterocycles.